The van der Waals surface area contributed by atoms with Gasteiger partial charge in [-0.15, -0.1) is 0 Å². The number of hydrogen-bond donors (Lipinski definition) is 2. The van der Waals surface area contributed by atoms with Crippen LogP contribution in [0.25, 0.3) is 6.08 Å². The fourth-order valence-electron chi connectivity index (χ4n) is 2.23. The highest BCUT2D eigenvalue weighted by Crippen LogP contribution is 2.28. The molecular weight excluding hydrogens is 334 g/mol. The van der Waals surface area contributed by atoms with Crippen LogP contribution in [0.4, 0.5) is 0 Å². The van der Waals surface area contributed by atoms with E-state index in [9.17, 15) is 14.7 Å². The number of phenols is 1. The molecule has 0 aromatic heterocycles. The van der Waals surface area contributed by atoms with Gasteiger partial charge in [-0.05, 0) is 42.8 Å². The third-order valence-electron chi connectivity index (χ3n) is 3.48. The quantitative estimate of drug-likeness (QED) is 0.562. The highest BCUT2D eigenvalue weighted by molar-refractivity contribution is 6.07. The fraction of sp³-hybridized carbons (Fsp3) is 0.200. The number of likely N-dealkylation sites (N-methyl/N-ethyl adjacent to an activating group) is 1. The number of ether oxygens (including phenoxy) is 2. The van der Waals surface area contributed by atoms with E-state index >= 15 is 0 Å². The van der Waals surface area contributed by atoms with E-state index in [4.69, 9.17) is 9.47 Å². The van der Waals surface area contributed by atoms with Crippen molar-refractivity contribution in [1.29, 1.82) is 0 Å². The molecule has 1 amide bonds. The molecule has 0 fully saturated rings. The molecule has 2 aromatic carbocycles. The monoisotopic (exact) mass is 355 g/mol. The Hall–Kier alpha value is -3.28. The maximum absolute atomic E-state index is 12.1. The molecule has 2 aromatic rings. The largest absolute Gasteiger partial charge is 0.508 e. The van der Waals surface area contributed by atoms with Crippen LogP contribution < -0.4 is 14.8 Å². The third-order valence-corrected chi connectivity index (χ3v) is 3.48. The van der Waals surface area contributed by atoms with Crippen LogP contribution in [0, 0.1) is 0 Å². The number of carbonyl (C=O) groups is 2. The van der Waals surface area contributed by atoms with Crippen LogP contribution in [0.2, 0.25) is 0 Å². The van der Waals surface area contributed by atoms with Crippen molar-refractivity contribution < 1.29 is 24.2 Å². The first-order valence-electron chi connectivity index (χ1n) is 8.12. The predicted octanol–water partition coefficient (Wildman–Crippen LogP) is 2.81. The van der Waals surface area contributed by atoms with Crippen LogP contribution in [-0.4, -0.2) is 37.1 Å². The molecule has 0 aliphatic rings. The Morgan fingerprint density at radius 2 is 1.96 bits per heavy atom. The number of aromatic hydroxyl groups is 1. The Morgan fingerprint density at radius 1 is 1.15 bits per heavy atom. The fourth-order valence-corrected chi connectivity index (χ4v) is 2.23. The van der Waals surface area contributed by atoms with Gasteiger partial charge in [-0.2, -0.15) is 0 Å². The molecule has 2 N–H and O–H groups in total. The van der Waals surface area contributed by atoms with Crippen LogP contribution in [0.3, 0.4) is 0 Å². The molecule has 0 heterocycles. The first-order valence-corrected chi connectivity index (χ1v) is 8.12. The van der Waals surface area contributed by atoms with Gasteiger partial charge >= 0.3 is 0 Å². The number of allylic oxidation sites excluding steroid dienone is 1. The van der Waals surface area contributed by atoms with E-state index in [1.54, 1.807) is 36.4 Å². The molecule has 0 bridgehead atoms. The summed E-state index contributed by atoms with van der Waals surface area (Å²) in [5.41, 5.74) is 1.14. The molecule has 0 atom stereocenters. The third kappa shape index (κ3) is 5.37. The van der Waals surface area contributed by atoms with Gasteiger partial charge in [0.1, 0.15) is 5.75 Å². The molecule has 2 rings (SSSR count). The second-order valence-corrected chi connectivity index (χ2v) is 5.40. The summed E-state index contributed by atoms with van der Waals surface area (Å²) in [5.74, 6) is 0.502. The highest BCUT2D eigenvalue weighted by Gasteiger charge is 2.08. The van der Waals surface area contributed by atoms with Crippen molar-refractivity contribution in [1.82, 2.24) is 5.32 Å². The van der Waals surface area contributed by atoms with Crippen LogP contribution in [0.15, 0.2) is 48.5 Å². The SMILES string of the molecule is CCNC(=O)COc1ccc(/C=C/C(=O)c2cccc(O)c2)cc1OC. The summed E-state index contributed by atoms with van der Waals surface area (Å²) in [6.07, 6.45) is 3.06. The van der Waals surface area contributed by atoms with Crippen molar-refractivity contribution in [2.24, 2.45) is 0 Å². The number of ketones is 1. The molecule has 0 saturated carbocycles. The van der Waals surface area contributed by atoms with Crippen molar-refractivity contribution in [2.75, 3.05) is 20.3 Å². The van der Waals surface area contributed by atoms with E-state index in [1.807, 2.05) is 6.92 Å². The molecule has 0 spiro atoms. The maximum atomic E-state index is 12.1. The smallest absolute Gasteiger partial charge is 0.257 e. The van der Waals surface area contributed by atoms with Gasteiger partial charge in [0.15, 0.2) is 23.9 Å². The van der Waals surface area contributed by atoms with Crippen LogP contribution >= 0.6 is 0 Å². The van der Waals surface area contributed by atoms with Gasteiger partial charge in [-0.25, -0.2) is 0 Å². The topological polar surface area (TPSA) is 84.9 Å². The molecular formula is C20H21NO5. The first kappa shape index (κ1) is 19.1. The lowest BCUT2D eigenvalue weighted by Gasteiger charge is -2.11. The summed E-state index contributed by atoms with van der Waals surface area (Å²) < 4.78 is 10.7. The van der Waals surface area contributed by atoms with Gasteiger partial charge in [0, 0.05) is 12.1 Å². The standard InChI is InChI=1S/C20H21NO5/c1-3-21-20(24)13-26-18-10-8-14(11-19(18)25-2)7-9-17(23)15-5-4-6-16(22)12-15/h4-12,22H,3,13H2,1-2H3,(H,21,24)/b9-7+. The number of methoxy groups -OCH3 is 1. The van der Waals surface area contributed by atoms with Crippen molar-refractivity contribution in [3.63, 3.8) is 0 Å². The second kappa shape index (κ2) is 9.27. The Kier molecular flexibility index (Phi) is 6.79. The minimum atomic E-state index is -0.226. The van der Waals surface area contributed by atoms with E-state index in [1.165, 1.54) is 25.3 Å². The van der Waals surface area contributed by atoms with Gasteiger partial charge in [-0.3, -0.25) is 9.59 Å². The minimum absolute atomic E-state index is 0.0412. The van der Waals surface area contributed by atoms with Crippen LogP contribution in [0.1, 0.15) is 22.8 Å². The number of benzene rings is 2. The van der Waals surface area contributed by atoms with Gasteiger partial charge in [0.25, 0.3) is 5.91 Å². The average molecular weight is 355 g/mol. The zero-order valence-electron chi connectivity index (χ0n) is 14.7. The molecule has 0 unspecified atom stereocenters. The van der Waals surface area contributed by atoms with E-state index in [0.29, 0.717) is 23.6 Å². The number of phenolic OH excluding ortho intramolecular Hbond substituents is 1. The Morgan fingerprint density at radius 3 is 2.65 bits per heavy atom. The lowest BCUT2D eigenvalue weighted by molar-refractivity contribution is -0.123. The van der Waals surface area contributed by atoms with Crippen LogP contribution in [0.5, 0.6) is 17.2 Å². The van der Waals surface area contributed by atoms with Gasteiger partial charge in [0.05, 0.1) is 7.11 Å². The summed E-state index contributed by atoms with van der Waals surface area (Å²) >= 11 is 0. The lowest BCUT2D eigenvalue weighted by Crippen LogP contribution is -2.28. The predicted molar refractivity (Wildman–Crippen MR) is 98.6 cm³/mol. The Balaban J connectivity index is 2.08. The number of hydrogen-bond acceptors (Lipinski definition) is 5. The van der Waals surface area contributed by atoms with Gasteiger partial charge in [0.2, 0.25) is 0 Å². The summed E-state index contributed by atoms with van der Waals surface area (Å²) in [6, 6.07) is 11.3. The zero-order chi connectivity index (χ0) is 18.9. The molecule has 0 aliphatic heterocycles. The number of rotatable bonds is 8. The molecule has 0 saturated heterocycles. The molecule has 6 heteroatoms. The molecule has 26 heavy (non-hydrogen) atoms. The van der Waals surface area contributed by atoms with Crippen molar-refractivity contribution in [3.05, 3.63) is 59.7 Å². The molecule has 136 valence electrons. The number of amides is 1. The van der Waals surface area contributed by atoms with E-state index < -0.39 is 0 Å². The maximum Gasteiger partial charge on any atom is 0.257 e. The molecule has 6 nitrogen and oxygen atoms in total. The van der Waals surface area contributed by atoms with E-state index in [2.05, 4.69) is 5.32 Å². The van der Waals surface area contributed by atoms with Gasteiger partial charge < -0.3 is 19.9 Å². The minimum Gasteiger partial charge on any atom is -0.508 e. The second-order valence-electron chi connectivity index (χ2n) is 5.40. The van der Waals surface area contributed by atoms with E-state index in [-0.39, 0.29) is 24.0 Å². The first-order chi connectivity index (χ1) is 12.5. The summed E-state index contributed by atoms with van der Waals surface area (Å²) in [7, 11) is 1.50. The highest BCUT2D eigenvalue weighted by atomic mass is 16.5. The summed E-state index contributed by atoms with van der Waals surface area (Å²) in [4.78, 5) is 23.6. The van der Waals surface area contributed by atoms with E-state index in [0.717, 1.165) is 5.56 Å². The number of nitrogens with one attached hydrogen (secondary N) is 1. The Labute approximate surface area is 152 Å². The summed E-state index contributed by atoms with van der Waals surface area (Å²) in [5, 5.41) is 12.1. The number of carbonyl (C=O) groups excluding carboxylic acids is 2. The van der Waals surface area contributed by atoms with Crippen molar-refractivity contribution in [2.45, 2.75) is 6.92 Å². The van der Waals surface area contributed by atoms with Crippen LogP contribution in [-0.2, 0) is 4.79 Å². The van der Waals surface area contributed by atoms with Gasteiger partial charge in [-0.1, -0.05) is 24.3 Å². The lowest BCUT2D eigenvalue weighted by atomic mass is 10.1. The molecule has 0 radical (unpaired) electrons. The zero-order valence-corrected chi connectivity index (χ0v) is 14.7. The molecule has 0 aliphatic carbocycles. The normalized spacial score (nSPS) is 10.5. The van der Waals surface area contributed by atoms with Crippen molar-refractivity contribution in [3.8, 4) is 17.2 Å². The Bertz CT molecular complexity index is 814. The summed E-state index contributed by atoms with van der Waals surface area (Å²) in [6.45, 7) is 2.27. The average Bonchev–Trinajstić information content (AvgIpc) is 2.64. The van der Waals surface area contributed by atoms with Crippen molar-refractivity contribution >= 4 is 17.8 Å².